The van der Waals surface area contributed by atoms with Gasteiger partial charge >= 0.3 is 5.92 Å². The predicted octanol–water partition coefficient (Wildman–Crippen LogP) is 2.32. The smallest absolute Gasteiger partial charge is 0.301 e. The Morgan fingerprint density at radius 2 is 2.08 bits per heavy atom. The summed E-state index contributed by atoms with van der Waals surface area (Å²) in [5.74, 6) is -3.03. The number of hydrogen-bond donors (Lipinski definition) is 1. The van der Waals surface area contributed by atoms with Crippen LogP contribution in [0, 0.1) is 0 Å². The number of alkyl halides is 2. The van der Waals surface area contributed by atoms with Gasteiger partial charge in [0.1, 0.15) is 5.69 Å². The van der Waals surface area contributed by atoms with Crippen LogP contribution >= 0.6 is 28.3 Å². The zero-order chi connectivity index (χ0) is 9.19. The van der Waals surface area contributed by atoms with Gasteiger partial charge in [-0.3, -0.25) is 4.98 Å². The molecule has 0 aliphatic heterocycles. The summed E-state index contributed by atoms with van der Waals surface area (Å²) in [6, 6.07) is 2.75. The number of nitrogens with two attached hydrogens (primary N) is 1. The van der Waals surface area contributed by atoms with E-state index in [1.807, 2.05) is 0 Å². The normalized spacial score (nSPS) is 10.8. The van der Waals surface area contributed by atoms with Crippen molar-refractivity contribution in [2.75, 3.05) is 6.54 Å². The lowest BCUT2D eigenvalue weighted by atomic mass is 10.2. The zero-order valence-electron chi connectivity index (χ0n) is 6.51. The molecule has 0 fully saturated rings. The van der Waals surface area contributed by atoms with E-state index in [0.717, 1.165) is 0 Å². The van der Waals surface area contributed by atoms with Crippen molar-refractivity contribution in [3.8, 4) is 0 Å². The Labute approximate surface area is 89.1 Å². The average Bonchev–Trinajstić information content (AvgIpc) is 2.05. The number of pyridine rings is 1. The molecule has 0 radical (unpaired) electrons. The van der Waals surface area contributed by atoms with Crippen molar-refractivity contribution < 1.29 is 8.78 Å². The number of hydrogen-bond acceptors (Lipinski definition) is 2. The third-order valence-electron chi connectivity index (χ3n) is 1.36. The zero-order valence-corrected chi connectivity index (χ0v) is 8.91. The number of aromatic nitrogens is 1. The molecule has 1 rings (SSSR count). The first kappa shape index (κ1) is 12.7. The van der Waals surface area contributed by atoms with Gasteiger partial charge < -0.3 is 5.73 Å². The average molecular weight is 274 g/mol. The van der Waals surface area contributed by atoms with Crippen LogP contribution in [0.25, 0.3) is 0 Å². The quantitative estimate of drug-likeness (QED) is 0.898. The van der Waals surface area contributed by atoms with E-state index in [1.165, 1.54) is 18.3 Å². The predicted molar refractivity (Wildman–Crippen MR) is 52.1 cm³/mol. The summed E-state index contributed by atoms with van der Waals surface area (Å²) < 4.78 is 26.3. The third-order valence-corrected chi connectivity index (χ3v) is 1.83. The van der Waals surface area contributed by atoms with Gasteiger partial charge in [0.05, 0.1) is 6.54 Å². The van der Waals surface area contributed by atoms with Crippen LogP contribution in [0.1, 0.15) is 5.69 Å². The minimum Gasteiger partial charge on any atom is -0.325 e. The SMILES string of the molecule is Cl.NCC(F)(F)c1ccc(Br)cn1. The van der Waals surface area contributed by atoms with Gasteiger partial charge in [-0.15, -0.1) is 12.4 Å². The van der Waals surface area contributed by atoms with Crippen LogP contribution in [0.4, 0.5) is 8.78 Å². The lowest BCUT2D eigenvalue weighted by molar-refractivity contribution is 0.00136. The summed E-state index contributed by atoms with van der Waals surface area (Å²) in [6.07, 6.45) is 1.32. The first-order valence-electron chi connectivity index (χ1n) is 3.26. The number of halogens is 4. The van der Waals surface area contributed by atoms with E-state index in [0.29, 0.717) is 4.47 Å². The minimum absolute atomic E-state index is 0. The van der Waals surface area contributed by atoms with Gasteiger partial charge in [-0.2, -0.15) is 8.78 Å². The lowest BCUT2D eigenvalue weighted by Gasteiger charge is -2.12. The molecule has 1 heterocycles. The molecular formula is C7H8BrClF2N2. The second-order valence-corrected chi connectivity index (χ2v) is 3.19. The first-order valence-corrected chi connectivity index (χ1v) is 4.05. The van der Waals surface area contributed by atoms with Gasteiger partial charge in [0.25, 0.3) is 0 Å². The van der Waals surface area contributed by atoms with E-state index in [2.05, 4.69) is 20.9 Å². The molecule has 0 bridgehead atoms. The Kier molecular flexibility index (Phi) is 4.74. The molecule has 2 nitrogen and oxygen atoms in total. The van der Waals surface area contributed by atoms with E-state index in [4.69, 9.17) is 5.73 Å². The summed E-state index contributed by atoms with van der Waals surface area (Å²) in [7, 11) is 0. The van der Waals surface area contributed by atoms with Crippen LogP contribution in [-0.4, -0.2) is 11.5 Å². The molecule has 0 saturated carbocycles. The van der Waals surface area contributed by atoms with Gasteiger partial charge in [-0.1, -0.05) is 0 Å². The first-order chi connectivity index (χ1) is 5.56. The Bertz CT molecular complexity index is 266. The molecule has 1 aromatic heterocycles. The fourth-order valence-corrected chi connectivity index (χ4v) is 0.931. The van der Waals surface area contributed by atoms with E-state index < -0.39 is 12.5 Å². The molecule has 0 saturated heterocycles. The standard InChI is InChI=1S/C7H7BrF2N2.ClH/c8-5-1-2-6(12-3-5)7(9,10)4-11;/h1-3H,4,11H2;1H. The summed E-state index contributed by atoms with van der Waals surface area (Å²) >= 11 is 3.10. The molecule has 1 aromatic rings. The largest absolute Gasteiger partial charge is 0.325 e. The van der Waals surface area contributed by atoms with Gasteiger partial charge in [0.2, 0.25) is 0 Å². The molecule has 0 aliphatic rings. The molecule has 2 N–H and O–H groups in total. The van der Waals surface area contributed by atoms with Crippen LogP contribution < -0.4 is 5.73 Å². The van der Waals surface area contributed by atoms with Crippen LogP contribution in [0.5, 0.6) is 0 Å². The fraction of sp³-hybridized carbons (Fsp3) is 0.286. The van der Waals surface area contributed by atoms with Gasteiger partial charge in [0.15, 0.2) is 0 Å². The summed E-state index contributed by atoms with van der Waals surface area (Å²) in [5, 5.41) is 0. The molecular weight excluding hydrogens is 265 g/mol. The van der Waals surface area contributed by atoms with Crippen LogP contribution in [0.15, 0.2) is 22.8 Å². The van der Waals surface area contributed by atoms with Crippen molar-refractivity contribution in [2.24, 2.45) is 5.73 Å². The minimum atomic E-state index is -3.03. The van der Waals surface area contributed by atoms with Gasteiger partial charge in [-0.05, 0) is 28.1 Å². The molecule has 0 unspecified atom stereocenters. The topological polar surface area (TPSA) is 38.9 Å². The molecule has 0 spiro atoms. The van der Waals surface area contributed by atoms with Crippen LogP contribution in [0.2, 0.25) is 0 Å². The molecule has 0 aliphatic carbocycles. The highest BCUT2D eigenvalue weighted by Crippen LogP contribution is 2.24. The lowest BCUT2D eigenvalue weighted by Crippen LogP contribution is -2.26. The van der Waals surface area contributed by atoms with Crippen molar-refractivity contribution in [2.45, 2.75) is 5.92 Å². The Morgan fingerprint density at radius 3 is 2.46 bits per heavy atom. The number of nitrogens with zero attached hydrogens (tertiary/aromatic N) is 1. The van der Waals surface area contributed by atoms with Crippen molar-refractivity contribution in [3.63, 3.8) is 0 Å². The van der Waals surface area contributed by atoms with Crippen molar-refractivity contribution in [3.05, 3.63) is 28.5 Å². The van der Waals surface area contributed by atoms with Gasteiger partial charge in [0, 0.05) is 10.7 Å². The Hall–Kier alpha value is -0.260. The van der Waals surface area contributed by atoms with E-state index in [1.54, 1.807) is 0 Å². The van der Waals surface area contributed by atoms with Crippen LogP contribution in [0.3, 0.4) is 0 Å². The van der Waals surface area contributed by atoms with Crippen LogP contribution in [-0.2, 0) is 5.92 Å². The van der Waals surface area contributed by atoms with E-state index >= 15 is 0 Å². The highest BCUT2D eigenvalue weighted by Gasteiger charge is 2.30. The van der Waals surface area contributed by atoms with E-state index in [-0.39, 0.29) is 18.1 Å². The summed E-state index contributed by atoms with van der Waals surface area (Å²) in [4.78, 5) is 3.54. The van der Waals surface area contributed by atoms with Crippen molar-refractivity contribution >= 4 is 28.3 Å². The maximum absolute atomic E-state index is 12.8. The molecule has 13 heavy (non-hydrogen) atoms. The Balaban J connectivity index is 0.00000144. The molecule has 0 amide bonds. The highest BCUT2D eigenvalue weighted by molar-refractivity contribution is 9.10. The molecule has 6 heteroatoms. The maximum atomic E-state index is 12.8. The maximum Gasteiger partial charge on any atom is 0.301 e. The fourth-order valence-electron chi connectivity index (χ4n) is 0.697. The monoisotopic (exact) mass is 272 g/mol. The highest BCUT2D eigenvalue weighted by atomic mass is 79.9. The van der Waals surface area contributed by atoms with Crippen molar-refractivity contribution in [1.29, 1.82) is 0 Å². The molecule has 0 aromatic carbocycles. The van der Waals surface area contributed by atoms with E-state index in [9.17, 15) is 8.78 Å². The second-order valence-electron chi connectivity index (χ2n) is 2.27. The Morgan fingerprint density at radius 1 is 1.46 bits per heavy atom. The third kappa shape index (κ3) is 3.17. The second kappa shape index (κ2) is 4.83. The molecule has 0 atom stereocenters. The van der Waals surface area contributed by atoms with Gasteiger partial charge in [-0.25, -0.2) is 0 Å². The number of rotatable bonds is 2. The summed E-state index contributed by atoms with van der Waals surface area (Å²) in [6.45, 7) is -0.721. The van der Waals surface area contributed by atoms with Crippen molar-refractivity contribution in [1.82, 2.24) is 4.98 Å². The molecule has 74 valence electrons. The summed E-state index contributed by atoms with van der Waals surface area (Å²) in [5.41, 5.74) is 4.58.